The molecule has 115 heavy (non-hydrogen) atoms. The summed E-state index contributed by atoms with van der Waals surface area (Å²) in [5, 5.41) is 0.623. The molecule has 12 aromatic rings. The molecule has 8 aromatic heterocycles. The Morgan fingerprint density at radius 3 is 0.957 bits per heavy atom. The smallest absolute Gasteiger partial charge is 0.356 e. The van der Waals surface area contributed by atoms with Gasteiger partial charge in [0.15, 0.2) is 44.7 Å². The molecule has 4 aliphatic heterocycles. The summed E-state index contributed by atoms with van der Waals surface area (Å²) in [5.41, 5.74) is 26.4. The quantitative estimate of drug-likeness (QED) is 0.0206. The van der Waals surface area contributed by atoms with Crippen LogP contribution >= 0.6 is 57.9 Å². The van der Waals surface area contributed by atoms with Crippen molar-refractivity contribution in [2.45, 2.75) is 76.3 Å². The summed E-state index contributed by atoms with van der Waals surface area (Å²) >= 11 is 9.31. The van der Waals surface area contributed by atoms with Crippen LogP contribution in [0.2, 0.25) is 5.02 Å². The number of fused-ring (bicyclic) bond motifs is 4. The number of imidazole rings is 4. The number of anilines is 4. The average Bonchev–Trinajstić information content (AvgIpc) is 1.69. The topological polar surface area (TPSA) is 537 Å². The zero-order valence-corrected chi connectivity index (χ0v) is 66.8. The maximum absolute atomic E-state index is 13.1. The van der Waals surface area contributed by atoms with Crippen LogP contribution in [0.1, 0.15) is 72.4 Å². The third-order valence-electron chi connectivity index (χ3n) is 17.6. The predicted molar refractivity (Wildman–Crippen MR) is 420 cm³/mol. The number of rotatable bonds is 24. The number of aromatic nitrogens is 16. The number of halogens is 3. The summed E-state index contributed by atoms with van der Waals surface area (Å²) in [6.07, 6.45) is 6.15. The van der Waals surface area contributed by atoms with Gasteiger partial charge in [0.2, 0.25) is 23.8 Å². The number of aromatic amines is 4. The maximum Gasteiger partial charge on any atom is 0.356 e. The van der Waals surface area contributed by atoms with Gasteiger partial charge in [-0.2, -0.15) is 19.9 Å². The number of nitrogen functional groups attached to an aromatic ring is 4. The summed E-state index contributed by atoms with van der Waals surface area (Å²) in [7, 11) is -13.5. The fourth-order valence-electron chi connectivity index (χ4n) is 12.1. The fourth-order valence-corrected chi connectivity index (χ4v) is 18.7. The third kappa shape index (κ3) is 21.8. The molecule has 16 rings (SSSR count). The number of benzene rings is 4. The van der Waals surface area contributed by atoms with E-state index in [2.05, 4.69) is 75.7 Å². The number of hydrogen-bond donors (Lipinski definition) is 8. The Bertz CT molecular complexity index is 5410. The SMILES string of the molecule is Nc1nc2c(ncn2CCOCP2(=O)OCCC(c3ccc(Br)cc3)O2)c(=O)[nH]1.Nc1nc2c(ncn2CCOCP2(=O)OCCC(c3ccc(Cl)cc3)O2)c(=O)[nH]1.Nc1nc2c(ncn2CCOCP2(=O)OCCC(c3ccc(F)cc3)O2)c(=O)[nH]1.Nc1nc2c(ncn2CCOCP2(=O)OCCC(c3ccccc3)O2)c(=O)[nH]1. The van der Waals surface area contributed by atoms with Crippen molar-refractivity contribution >= 4 is 126 Å². The summed E-state index contributed by atoms with van der Waals surface area (Å²) in [6, 6.07) is 30.4. The molecule has 8 unspecified atom stereocenters. The number of nitrogens with two attached hydrogens (primary N) is 4. The number of ether oxygens (including phenoxy) is 4. The molecule has 0 aliphatic carbocycles. The van der Waals surface area contributed by atoms with Crippen LogP contribution in [0.25, 0.3) is 44.7 Å². The van der Waals surface area contributed by atoms with Crippen LogP contribution in [0.3, 0.4) is 0 Å². The lowest BCUT2D eigenvalue weighted by atomic mass is 10.1. The molecule has 0 saturated carbocycles. The van der Waals surface area contributed by atoms with Gasteiger partial charge in [-0.05, 0) is 58.7 Å². The second kappa shape index (κ2) is 37.7. The Morgan fingerprint density at radius 1 is 0.409 bits per heavy atom. The lowest BCUT2D eigenvalue weighted by Crippen LogP contribution is -2.17. The summed E-state index contributed by atoms with van der Waals surface area (Å²) in [4.78, 5) is 89.1. The Balaban J connectivity index is 0.000000134. The minimum atomic E-state index is -3.45. The van der Waals surface area contributed by atoms with E-state index >= 15 is 0 Å². The normalized spacial score (nSPS) is 22.3. The molecule has 0 amide bonds. The number of H-pyrrole nitrogens is 4. The Kier molecular flexibility index (Phi) is 27.4. The maximum atomic E-state index is 13.1. The third-order valence-corrected chi connectivity index (χ3v) is 25.0. The van der Waals surface area contributed by atoms with Crippen molar-refractivity contribution < 1.29 is 77.8 Å². The zero-order valence-electron chi connectivity index (χ0n) is 60.8. The van der Waals surface area contributed by atoms with Gasteiger partial charge in [0.25, 0.3) is 22.2 Å². The van der Waals surface area contributed by atoms with Crippen LogP contribution < -0.4 is 45.2 Å². The van der Waals surface area contributed by atoms with Crippen molar-refractivity contribution in [2.24, 2.45) is 0 Å². The second-order valence-corrected chi connectivity index (χ2v) is 34.9. The lowest BCUT2D eigenvalue weighted by molar-refractivity contribution is 0.0559. The molecular formula is C68H77BrClFN20O20P4. The van der Waals surface area contributed by atoms with Crippen molar-refractivity contribution in [1.82, 2.24) is 78.1 Å². The highest BCUT2D eigenvalue weighted by molar-refractivity contribution is 9.10. The van der Waals surface area contributed by atoms with Crippen LogP contribution in [0.5, 0.6) is 0 Å². The lowest BCUT2D eigenvalue weighted by Gasteiger charge is -2.29. The van der Waals surface area contributed by atoms with Gasteiger partial charge in [-0.3, -0.25) is 75.5 Å². The van der Waals surface area contributed by atoms with E-state index in [1.54, 1.807) is 42.5 Å². The summed E-state index contributed by atoms with van der Waals surface area (Å²) < 4.78 is 138. The Labute approximate surface area is 663 Å². The number of hydrogen-bond acceptors (Lipinski definition) is 32. The van der Waals surface area contributed by atoms with Crippen molar-refractivity contribution in [3.05, 3.63) is 207 Å². The first-order valence-corrected chi connectivity index (χ1v) is 43.6. The molecular weight excluding hydrogens is 1680 g/mol. The standard InChI is InChI=1S/C17H19BrN5O5P.C17H19ClN5O5P.C17H19FN5O5P.C17H20N5O5P/c3*18-12-3-1-11(2-4-12)13-5-7-27-29(25,28-13)10-26-8-6-23-9-20-14-15(23)21-17(19)22-16(14)24;18-17-20-15-14(16(23)21-17)19-10-22(15)7-9-25-11-28(24)26-8-6-13(27-28)12-4-2-1-3-5-12/h3*1-4,9,13H,5-8,10H2,(H3,19,21,22,24);1-5,10,13H,6-9,11H2,(H3,18,20,21,23). The molecule has 0 radical (unpaired) electrons. The van der Waals surface area contributed by atoms with E-state index in [9.17, 15) is 41.8 Å². The van der Waals surface area contributed by atoms with Crippen molar-refractivity contribution in [1.29, 1.82) is 0 Å². The first-order chi connectivity index (χ1) is 55.3. The molecule has 4 fully saturated rings. The molecule has 8 atom stereocenters. The van der Waals surface area contributed by atoms with Crippen LogP contribution in [0.4, 0.5) is 28.2 Å². The van der Waals surface area contributed by atoms with Gasteiger partial charge in [0, 0.05) is 61.4 Å². The highest BCUT2D eigenvalue weighted by Crippen LogP contribution is 2.59. The van der Waals surface area contributed by atoms with E-state index in [0.717, 1.165) is 26.7 Å². The van der Waals surface area contributed by atoms with Crippen molar-refractivity contribution in [2.75, 3.05) is 101 Å². The largest absolute Gasteiger partial charge is 0.369 e. The van der Waals surface area contributed by atoms with E-state index in [4.69, 9.17) is 89.7 Å². The van der Waals surface area contributed by atoms with Gasteiger partial charge in [-0.1, -0.05) is 94.3 Å². The summed E-state index contributed by atoms with van der Waals surface area (Å²) in [5.74, 6) is -0.326. The number of nitrogens with one attached hydrogen (secondary N) is 4. The molecule has 47 heteroatoms. The van der Waals surface area contributed by atoms with Crippen molar-refractivity contribution in [3.8, 4) is 0 Å². The molecule has 4 aromatic carbocycles. The van der Waals surface area contributed by atoms with E-state index in [0.29, 0.717) is 99.3 Å². The Hall–Kier alpha value is -9.38. The zero-order chi connectivity index (χ0) is 80.9. The van der Waals surface area contributed by atoms with Gasteiger partial charge >= 0.3 is 30.4 Å². The van der Waals surface area contributed by atoms with Gasteiger partial charge < -0.3 is 78.2 Å². The molecule has 4 aliphatic rings. The van der Waals surface area contributed by atoms with Crippen LogP contribution in [-0.2, 0) is 99.6 Å². The highest BCUT2D eigenvalue weighted by atomic mass is 79.9. The van der Waals surface area contributed by atoms with Crippen molar-refractivity contribution in [3.63, 3.8) is 0 Å². The van der Waals surface area contributed by atoms with E-state index in [-0.39, 0.29) is 128 Å². The summed E-state index contributed by atoms with van der Waals surface area (Å²) in [6.45, 7) is 3.38. The fraction of sp³-hybridized carbons (Fsp3) is 0.353. The first-order valence-electron chi connectivity index (χ1n) is 35.5. The monoisotopic (exact) mass is 1750 g/mol. The average molecular weight is 1750 g/mol. The molecule has 12 N–H and O–H groups in total. The van der Waals surface area contributed by atoms with E-state index in [1.807, 2.05) is 66.7 Å². The van der Waals surface area contributed by atoms with Gasteiger partial charge in [-0.15, -0.1) is 0 Å². The predicted octanol–water partition coefficient (Wildman–Crippen LogP) is 9.74. The number of nitrogens with zero attached hydrogens (tertiary/aromatic N) is 12. The van der Waals surface area contributed by atoms with Gasteiger partial charge in [-0.25, -0.2) is 24.3 Å². The molecule has 610 valence electrons. The van der Waals surface area contributed by atoms with Gasteiger partial charge in [0.05, 0.1) is 103 Å². The van der Waals surface area contributed by atoms with Crippen LogP contribution in [0.15, 0.2) is 152 Å². The first kappa shape index (κ1) is 83.6. The van der Waals surface area contributed by atoms with Crippen LogP contribution in [-0.4, -0.2) is 156 Å². The van der Waals surface area contributed by atoms with E-state index < -0.39 is 58.7 Å². The van der Waals surface area contributed by atoms with Crippen LogP contribution in [0, 0.1) is 5.82 Å². The molecule has 12 heterocycles. The Morgan fingerprint density at radius 2 is 0.670 bits per heavy atom. The highest BCUT2D eigenvalue weighted by Gasteiger charge is 2.39. The van der Waals surface area contributed by atoms with Gasteiger partial charge in [0.1, 0.15) is 31.2 Å². The molecule has 40 nitrogen and oxygen atoms in total. The molecule has 4 saturated heterocycles. The van der Waals surface area contributed by atoms with E-state index in [1.165, 1.54) is 37.4 Å². The molecule has 0 bridgehead atoms. The molecule has 0 spiro atoms. The second-order valence-electron chi connectivity index (χ2n) is 25.8. The minimum Gasteiger partial charge on any atom is -0.369 e. The minimum absolute atomic E-state index is 0.00634.